The van der Waals surface area contributed by atoms with Gasteiger partial charge in [0.05, 0.1) is 11.0 Å². The molecule has 2 aromatic heterocycles. The van der Waals surface area contributed by atoms with Gasteiger partial charge in [-0.1, -0.05) is 103 Å². The number of para-hydroxylation sites is 1. The Morgan fingerprint density at radius 1 is 0.551 bits per heavy atom. The molecule has 232 valence electrons. The Morgan fingerprint density at radius 2 is 1.29 bits per heavy atom. The lowest BCUT2D eigenvalue weighted by Gasteiger charge is -2.19. The SMILES string of the molecule is Cc1cccc2c3cc4c(c(C)c3n(-c3cccc(-c5ccc6sc7ccccc7c(=O)c6c5)c3)c12)C(c1ccccc1)c1ccccc1-4. The molecule has 1 atom stereocenters. The summed E-state index contributed by atoms with van der Waals surface area (Å²) in [6.45, 7) is 4.54. The van der Waals surface area contributed by atoms with E-state index in [9.17, 15) is 4.79 Å². The molecule has 49 heavy (non-hydrogen) atoms. The first-order valence-corrected chi connectivity index (χ1v) is 17.7. The molecule has 0 radical (unpaired) electrons. The minimum atomic E-state index is 0.0961. The minimum absolute atomic E-state index is 0.0961. The summed E-state index contributed by atoms with van der Waals surface area (Å²) >= 11 is 1.68. The molecule has 0 N–H and O–H groups in total. The van der Waals surface area contributed by atoms with E-state index in [4.69, 9.17) is 0 Å². The maximum absolute atomic E-state index is 13.6. The first-order valence-electron chi connectivity index (χ1n) is 16.8. The van der Waals surface area contributed by atoms with Gasteiger partial charge in [0.2, 0.25) is 0 Å². The Labute approximate surface area is 288 Å². The van der Waals surface area contributed by atoms with E-state index in [0.717, 1.165) is 37.0 Å². The number of nitrogens with zero attached hydrogens (tertiary/aromatic N) is 1. The van der Waals surface area contributed by atoms with Crippen LogP contribution in [-0.4, -0.2) is 4.57 Å². The molecular formula is C46H31NOS. The number of aromatic nitrogens is 1. The minimum Gasteiger partial charge on any atom is -0.309 e. The van der Waals surface area contributed by atoms with Crippen LogP contribution in [0.25, 0.3) is 69.9 Å². The quantitative estimate of drug-likeness (QED) is 0.175. The molecule has 0 saturated heterocycles. The van der Waals surface area contributed by atoms with Crippen LogP contribution in [0.5, 0.6) is 0 Å². The number of hydrogen-bond donors (Lipinski definition) is 0. The van der Waals surface area contributed by atoms with E-state index >= 15 is 0 Å². The first-order chi connectivity index (χ1) is 24.1. The van der Waals surface area contributed by atoms with E-state index in [1.807, 2.05) is 24.3 Å². The normalized spacial score (nSPS) is 13.8. The zero-order valence-electron chi connectivity index (χ0n) is 27.2. The van der Waals surface area contributed by atoms with Crippen molar-refractivity contribution in [3.63, 3.8) is 0 Å². The molecule has 1 aliphatic carbocycles. The van der Waals surface area contributed by atoms with Crippen LogP contribution in [-0.2, 0) is 0 Å². The highest BCUT2D eigenvalue weighted by Gasteiger charge is 2.33. The van der Waals surface area contributed by atoms with Gasteiger partial charge in [0.15, 0.2) is 5.43 Å². The second-order valence-electron chi connectivity index (χ2n) is 13.3. The summed E-state index contributed by atoms with van der Waals surface area (Å²) in [5.74, 6) is 0.173. The third kappa shape index (κ3) is 4.09. The van der Waals surface area contributed by atoms with Crippen molar-refractivity contribution in [2.24, 2.45) is 0 Å². The van der Waals surface area contributed by atoms with Gasteiger partial charge in [0, 0.05) is 42.6 Å². The fourth-order valence-electron chi connectivity index (χ4n) is 8.40. The summed E-state index contributed by atoms with van der Waals surface area (Å²) in [6, 6.07) is 52.1. The molecule has 0 bridgehead atoms. The van der Waals surface area contributed by atoms with Crippen molar-refractivity contribution >= 4 is 53.3 Å². The maximum atomic E-state index is 13.6. The summed E-state index contributed by atoms with van der Waals surface area (Å²) in [7, 11) is 0. The second kappa shape index (κ2) is 10.6. The van der Waals surface area contributed by atoms with Crippen molar-refractivity contribution in [3.8, 4) is 27.9 Å². The molecular weight excluding hydrogens is 615 g/mol. The number of aryl methyl sites for hydroxylation is 2. The van der Waals surface area contributed by atoms with E-state index < -0.39 is 0 Å². The van der Waals surface area contributed by atoms with Gasteiger partial charge >= 0.3 is 0 Å². The van der Waals surface area contributed by atoms with Gasteiger partial charge in [-0.25, -0.2) is 0 Å². The molecule has 1 unspecified atom stereocenters. The maximum Gasteiger partial charge on any atom is 0.195 e. The smallest absolute Gasteiger partial charge is 0.195 e. The van der Waals surface area contributed by atoms with Crippen molar-refractivity contribution in [1.29, 1.82) is 0 Å². The van der Waals surface area contributed by atoms with E-state index in [1.54, 1.807) is 11.3 Å². The average Bonchev–Trinajstić information content (AvgIpc) is 3.67. The van der Waals surface area contributed by atoms with E-state index in [0.29, 0.717) is 0 Å². The molecule has 10 rings (SSSR count). The Balaban J connectivity index is 1.23. The molecule has 0 amide bonds. The van der Waals surface area contributed by atoms with Gasteiger partial charge in [-0.15, -0.1) is 11.3 Å². The van der Waals surface area contributed by atoms with Crippen LogP contribution < -0.4 is 5.43 Å². The Bertz CT molecular complexity index is 2880. The summed E-state index contributed by atoms with van der Waals surface area (Å²) < 4.78 is 4.52. The van der Waals surface area contributed by atoms with Gasteiger partial charge in [-0.2, -0.15) is 0 Å². The van der Waals surface area contributed by atoms with Crippen LogP contribution >= 0.6 is 11.3 Å². The molecule has 0 fully saturated rings. The summed E-state index contributed by atoms with van der Waals surface area (Å²) in [5.41, 5.74) is 15.1. The summed E-state index contributed by atoms with van der Waals surface area (Å²) in [6.07, 6.45) is 0. The van der Waals surface area contributed by atoms with Gasteiger partial charge in [0.1, 0.15) is 0 Å². The van der Waals surface area contributed by atoms with Crippen molar-refractivity contribution in [1.82, 2.24) is 4.57 Å². The Hall–Kier alpha value is -5.77. The van der Waals surface area contributed by atoms with Crippen LogP contribution in [0.3, 0.4) is 0 Å². The standard InChI is InChI=1S/C46H31NOS/c1-27-12-10-20-35-38-26-37-33-17-6-7-18-34(33)43(29-13-4-3-5-14-29)42(37)28(2)45(38)47(44(27)35)32-16-11-15-30(24-32)31-22-23-41-39(25-31)46(48)36-19-8-9-21-40(36)49-41/h3-26,43H,1-2H3. The fraction of sp³-hybridized carbons (Fsp3) is 0.0652. The highest BCUT2D eigenvalue weighted by Crippen LogP contribution is 2.52. The van der Waals surface area contributed by atoms with Gasteiger partial charge < -0.3 is 4.57 Å². The highest BCUT2D eigenvalue weighted by atomic mass is 32.1. The van der Waals surface area contributed by atoms with E-state index in [-0.39, 0.29) is 11.3 Å². The molecule has 2 nitrogen and oxygen atoms in total. The third-order valence-electron chi connectivity index (χ3n) is 10.6. The average molecular weight is 646 g/mol. The number of hydrogen-bond acceptors (Lipinski definition) is 2. The van der Waals surface area contributed by atoms with Crippen LogP contribution in [0.2, 0.25) is 0 Å². The molecule has 7 aromatic carbocycles. The molecule has 0 aliphatic heterocycles. The van der Waals surface area contributed by atoms with Crippen LogP contribution in [0.4, 0.5) is 0 Å². The van der Waals surface area contributed by atoms with Crippen LogP contribution in [0, 0.1) is 13.8 Å². The fourth-order valence-corrected chi connectivity index (χ4v) is 9.45. The predicted octanol–water partition coefficient (Wildman–Crippen LogP) is 12.0. The monoisotopic (exact) mass is 645 g/mol. The lowest BCUT2D eigenvalue weighted by molar-refractivity contribution is 0.999. The van der Waals surface area contributed by atoms with Gasteiger partial charge in [0.25, 0.3) is 0 Å². The van der Waals surface area contributed by atoms with Gasteiger partial charge in [-0.3, -0.25) is 4.79 Å². The molecule has 0 saturated carbocycles. The summed E-state index contributed by atoms with van der Waals surface area (Å²) in [5, 5.41) is 4.10. The first kappa shape index (κ1) is 28.3. The van der Waals surface area contributed by atoms with E-state index in [2.05, 4.69) is 140 Å². The Morgan fingerprint density at radius 3 is 2.18 bits per heavy atom. The van der Waals surface area contributed by atoms with Gasteiger partial charge in [-0.05, 0) is 106 Å². The number of rotatable bonds is 3. The van der Waals surface area contributed by atoms with Crippen LogP contribution in [0.1, 0.15) is 33.7 Å². The lowest BCUT2D eigenvalue weighted by Crippen LogP contribution is -2.03. The molecule has 9 aromatic rings. The van der Waals surface area contributed by atoms with E-state index in [1.165, 1.54) is 60.8 Å². The van der Waals surface area contributed by atoms with Crippen molar-refractivity contribution in [3.05, 3.63) is 184 Å². The third-order valence-corrected chi connectivity index (χ3v) is 11.7. The zero-order chi connectivity index (χ0) is 32.8. The van der Waals surface area contributed by atoms with Crippen molar-refractivity contribution in [2.45, 2.75) is 19.8 Å². The Kier molecular flexibility index (Phi) is 6.12. The molecule has 0 spiro atoms. The largest absolute Gasteiger partial charge is 0.309 e. The number of fused-ring (bicyclic) bond motifs is 8. The number of benzene rings is 7. The van der Waals surface area contributed by atoms with Crippen molar-refractivity contribution in [2.75, 3.05) is 0 Å². The lowest BCUT2D eigenvalue weighted by atomic mass is 9.86. The van der Waals surface area contributed by atoms with Crippen LogP contribution in [0.15, 0.2) is 150 Å². The molecule has 1 aliphatic rings. The second-order valence-corrected chi connectivity index (χ2v) is 14.4. The topological polar surface area (TPSA) is 22.0 Å². The molecule has 3 heteroatoms. The highest BCUT2D eigenvalue weighted by molar-refractivity contribution is 7.24. The summed E-state index contributed by atoms with van der Waals surface area (Å²) in [4.78, 5) is 13.6. The zero-order valence-corrected chi connectivity index (χ0v) is 28.0. The molecule has 2 heterocycles. The predicted molar refractivity (Wildman–Crippen MR) is 208 cm³/mol. The van der Waals surface area contributed by atoms with Crippen molar-refractivity contribution < 1.29 is 0 Å².